The first kappa shape index (κ1) is 21.0. The molecule has 2 heterocycles. The van der Waals surface area contributed by atoms with Gasteiger partial charge in [-0.1, -0.05) is 30.3 Å². The fourth-order valence-corrected chi connectivity index (χ4v) is 3.67. The second-order valence-corrected chi connectivity index (χ2v) is 7.58. The fourth-order valence-electron chi connectivity index (χ4n) is 3.67. The Morgan fingerprint density at radius 1 is 0.903 bits per heavy atom. The van der Waals surface area contributed by atoms with Gasteiger partial charge in [-0.25, -0.2) is 9.40 Å². The van der Waals surface area contributed by atoms with E-state index in [1.54, 1.807) is 9.91 Å². The van der Waals surface area contributed by atoms with Crippen molar-refractivity contribution in [3.05, 3.63) is 66.0 Å². The average molecular weight is 424 g/mol. The molecule has 0 spiro atoms. The number of benzene rings is 2. The van der Waals surface area contributed by atoms with E-state index in [0.29, 0.717) is 45.0 Å². The zero-order valence-corrected chi connectivity index (χ0v) is 17.2. The number of hydrazone groups is 1. The van der Waals surface area contributed by atoms with E-state index in [2.05, 4.69) is 5.10 Å². The number of ether oxygens (including phenoxy) is 1. The van der Waals surface area contributed by atoms with Crippen LogP contribution in [0.5, 0.6) is 5.75 Å². The van der Waals surface area contributed by atoms with Crippen molar-refractivity contribution in [3.63, 3.8) is 0 Å². The van der Waals surface area contributed by atoms with Crippen molar-refractivity contribution in [2.75, 3.05) is 45.9 Å². The zero-order chi connectivity index (χ0) is 21.6. The molecule has 1 fully saturated rings. The van der Waals surface area contributed by atoms with Gasteiger partial charge >= 0.3 is 0 Å². The van der Waals surface area contributed by atoms with Crippen LogP contribution in [0, 0.1) is 5.82 Å². The Hall–Kier alpha value is -3.26. The van der Waals surface area contributed by atoms with Gasteiger partial charge in [0.15, 0.2) is 6.61 Å². The highest BCUT2D eigenvalue weighted by Gasteiger charge is 2.26. The van der Waals surface area contributed by atoms with Crippen molar-refractivity contribution in [2.24, 2.45) is 5.10 Å². The minimum atomic E-state index is -0.347. The first-order chi connectivity index (χ1) is 15.1. The van der Waals surface area contributed by atoms with E-state index in [4.69, 9.17) is 4.74 Å². The second-order valence-electron chi connectivity index (χ2n) is 7.58. The number of piperazine rings is 1. The van der Waals surface area contributed by atoms with Crippen molar-refractivity contribution in [2.45, 2.75) is 6.42 Å². The molecule has 8 heteroatoms. The molecule has 7 nitrogen and oxygen atoms in total. The summed E-state index contributed by atoms with van der Waals surface area (Å²) >= 11 is 0. The van der Waals surface area contributed by atoms with Crippen LogP contribution in [-0.4, -0.2) is 78.2 Å². The van der Waals surface area contributed by atoms with E-state index in [1.165, 1.54) is 24.3 Å². The molecule has 31 heavy (non-hydrogen) atoms. The third kappa shape index (κ3) is 5.46. The zero-order valence-electron chi connectivity index (χ0n) is 17.2. The summed E-state index contributed by atoms with van der Waals surface area (Å²) < 4.78 is 18.4. The number of carbonyl (C=O) groups is 2. The molecular weight excluding hydrogens is 399 g/mol. The van der Waals surface area contributed by atoms with Crippen LogP contribution < -0.4 is 4.74 Å². The normalized spacial score (nSPS) is 16.9. The molecule has 0 aliphatic carbocycles. The Morgan fingerprint density at radius 3 is 2.32 bits per heavy atom. The number of carbonyl (C=O) groups excluding carboxylic acids is 2. The summed E-state index contributed by atoms with van der Waals surface area (Å²) in [6.07, 6.45) is 0.756. The first-order valence-electron chi connectivity index (χ1n) is 10.4. The Labute approximate surface area is 180 Å². The Kier molecular flexibility index (Phi) is 6.57. The quantitative estimate of drug-likeness (QED) is 0.712. The Bertz CT molecular complexity index is 941. The van der Waals surface area contributed by atoms with E-state index in [-0.39, 0.29) is 24.2 Å². The molecule has 162 valence electrons. The number of rotatable bonds is 6. The third-order valence-electron chi connectivity index (χ3n) is 5.46. The van der Waals surface area contributed by atoms with Gasteiger partial charge in [-0.05, 0) is 29.8 Å². The number of nitrogens with zero attached hydrogens (tertiary/aromatic N) is 4. The summed E-state index contributed by atoms with van der Waals surface area (Å²) in [6, 6.07) is 15.5. The maximum absolute atomic E-state index is 12.9. The molecule has 0 N–H and O–H groups in total. The van der Waals surface area contributed by atoms with Crippen LogP contribution in [-0.2, 0) is 9.59 Å². The molecule has 2 aromatic rings. The molecule has 0 atom stereocenters. The van der Waals surface area contributed by atoms with Gasteiger partial charge in [0.1, 0.15) is 11.6 Å². The van der Waals surface area contributed by atoms with Crippen LogP contribution in [0.25, 0.3) is 0 Å². The van der Waals surface area contributed by atoms with Gasteiger partial charge in [0.2, 0.25) is 0 Å². The molecule has 0 saturated carbocycles. The molecule has 0 radical (unpaired) electrons. The molecule has 2 aliphatic heterocycles. The van der Waals surface area contributed by atoms with Crippen LogP contribution in [0.4, 0.5) is 4.39 Å². The van der Waals surface area contributed by atoms with E-state index in [0.717, 1.165) is 17.7 Å². The van der Waals surface area contributed by atoms with Crippen LogP contribution >= 0.6 is 0 Å². The number of hydrogen-bond acceptors (Lipinski definition) is 5. The van der Waals surface area contributed by atoms with E-state index in [1.807, 2.05) is 35.2 Å². The van der Waals surface area contributed by atoms with Gasteiger partial charge in [-0.15, -0.1) is 0 Å². The predicted octanol–water partition coefficient (Wildman–Crippen LogP) is 1.99. The predicted molar refractivity (Wildman–Crippen MR) is 114 cm³/mol. The number of amides is 2. The minimum Gasteiger partial charge on any atom is -0.484 e. The molecule has 2 amide bonds. The van der Waals surface area contributed by atoms with E-state index >= 15 is 0 Å². The van der Waals surface area contributed by atoms with Gasteiger partial charge in [0.05, 0.1) is 18.8 Å². The topological polar surface area (TPSA) is 65.5 Å². The summed E-state index contributed by atoms with van der Waals surface area (Å²) in [5.74, 6) is -0.0300. The standard InChI is InChI=1S/C23H25FN4O3/c24-19-6-8-20(9-7-19)31-17-23(30)27-14-12-26(13-15-27)16-22(29)28-11-10-21(25-28)18-4-2-1-3-5-18/h1-9H,10-17H2. The van der Waals surface area contributed by atoms with Gasteiger partial charge in [0, 0.05) is 32.6 Å². The molecule has 4 rings (SSSR count). The lowest BCUT2D eigenvalue weighted by molar-refractivity contribution is -0.136. The highest BCUT2D eigenvalue weighted by atomic mass is 19.1. The lowest BCUT2D eigenvalue weighted by atomic mass is 10.1. The number of hydrogen-bond donors (Lipinski definition) is 0. The molecule has 2 aromatic carbocycles. The highest BCUT2D eigenvalue weighted by molar-refractivity contribution is 6.02. The summed E-state index contributed by atoms with van der Waals surface area (Å²) in [7, 11) is 0. The largest absolute Gasteiger partial charge is 0.484 e. The fraction of sp³-hybridized carbons (Fsp3) is 0.348. The molecule has 0 unspecified atom stereocenters. The van der Waals surface area contributed by atoms with E-state index < -0.39 is 0 Å². The van der Waals surface area contributed by atoms with Crippen molar-refractivity contribution in [1.29, 1.82) is 0 Å². The van der Waals surface area contributed by atoms with Gasteiger partial charge in [0.25, 0.3) is 11.8 Å². The maximum atomic E-state index is 12.9. The van der Waals surface area contributed by atoms with Crippen molar-refractivity contribution < 1.29 is 18.7 Å². The molecule has 1 saturated heterocycles. The summed E-state index contributed by atoms with van der Waals surface area (Å²) in [5.41, 5.74) is 1.98. The average Bonchev–Trinajstić information content (AvgIpc) is 3.30. The summed E-state index contributed by atoms with van der Waals surface area (Å²) in [4.78, 5) is 28.8. The monoisotopic (exact) mass is 424 g/mol. The van der Waals surface area contributed by atoms with Crippen LogP contribution in [0.1, 0.15) is 12.0 Å². The number of halogens is 1. The van der Waals surface area contributed by atoms with Gasteiger partial charge in [-0.2, -0.15) is 5.10 Å². The molecular formula is C23H25FN4O3. The Balaban J connectivity index is 1.21. The first-order valence-corrected chi connectivity index (χ1v) is 10.4. The maximum Gasteiger partial charge on any atom is 0.260 e. The lowest BCUT2D eigenvalue weighted by Crippen LogP contribution is -2.52. The van der Waals surface area contributed by atoms with Crippen molar-refractivity contribution in [1.82, 2.24) is 14.8 Å². The van der Waals surface area contributed by atoms with Crippen LogP contribution in [0.2, 0.25) is 0 Å². The summed E-state index contributed by atoms with van der Waals surface area (Å²) in [5, 5.41) is 6.05. The minimum absolute atomic E-state index is 0.0228. The summed E-state index contributed by atoms with van der Waals surface area (Å²) in [6.45, 7) is 3.13. The lowest BCUT2D eigenvalue weighted by Gasteiger charge is -2.34. The molecule has 0 aromatic heterocycles. The highest BCUT2D eigenvalue weighted by Crippen LogP contribution is 2.15. The van der Waals surface area contributed by atoms with E-state index in [9.17, 15) is 14.0 Å². The SMILES string of the molecule is O=C(COc1ccc(F)cc1)N1CCN(CC(=O)N2CCC(c3ccccc3)=N2)CC1. The molecule has 2 aliphatic rings. The van der Waals surface area contributed by atoms with Crippen LogP contribution in [0.15, 0.2) is 59.7 Å². The van der Waals surface area contributed by atoms with Crippen molar-refractivity contribution in [3.8, 4) is 5.75 Å². The second kappa shape index (κ2) is 9.70. The molecule has 0 bridgehead atoms. The van der Waals surface area contributed by atoms with Crippen molar-refractivity contribution >= 4 is 17.5 Å². The third-order valence-corrected chi connectivity index (χ3v) is 5.46. The smallest absolute Gasteiger partial charge is 0.260 e. The van der Waals surface area contributed by atoms with Gasteiger partial charge < -0.3 is 9.64 Å². The van der Waals surface area contributed by atoms with Crippen LogP contribution in [0.3, 0.4) is 0 Å². The van der Waals surface area contributed by atoms with Gasteiger partial charge in [-0.3, -0.25) is 14.5 Å². The Morgan fingerprint density at radius 2 is 1.61 bits per heavy atom.